The van der Waals surface area contributed by atoms with Crippen molar-refractivity contribution in [1.82, 2.24) is 20.2 Å². The largest absolute Gasteiger partial charge is 2.00 e. The van der Waals surface area contributed by atoms with Crippen molar-refractivity contribution < 1.29 is 40.9 Å². The molecule has 0 saturated carbocycles. The number of nitro groups is 1. The van der Waals surface area contributed by atoms with Gasteiger partial charge in [-0.25, -0.2) is 4.57 Å². The van der Waals surface area contributed by atoms with Crippen LogP contribution in [-0.4, -0.2) is 60.5 Å². The Morgan fingerprint density at radius 1 is 1.17 bits per heavy atom. The van der Waals surface area contributed by atoms with Crippen LogP contribution < -0.4 is 10.6 Å². The number of hydrogen-bond acceptors (Lipinski definition) is 9. The molecule has 4 N–H and O–H groups in total. The van der Waals surface area contributed by atoms with Gasteiger partial charge in [-0.2, -0.15) is 0 Å². The van der Waals surface area contributed by atoms with E-state index in [1.807, 2.05) is 27.7 Å². The summed E-state index contributed by atoms with van der Waals surface area (Å²) in [6.45, 7) is 12.3. The second kappa shape index (κ2) is 12.7. The van der Waals surface area contributed by atoms with Crippen LogP contribution in [0.25, 0.3) is 0 Å². The van der Waals surface area contributed by atoms with Crippen molar-refractivity contribution in [2.45, 2.75) is 59.2 Å². The Hall–Kier alpha value is -1.92. The van der Waals surface area contributed by atoms with Gasteiger partial charge in [0.05, 0.1) is 29.0 Å². The number of rotatable bonds is 11. The SMILES string of the molecule is C/C(=N\O)C(C)(C)NCC(CNC(C)(C)/C(C)=N/O)Cn1ccnc1[N+](=O)[O-].[O-2].[Tc]. The summed E-state index contributed by atoms with van der Waals surface area (Å²) in [6, 6.07) is 0. The van der Waals surface area contributed by atoms with E-state index < -0.39 is 16.0 Å². The summed E-state index contributed by atoms with van der Waals surface area (Å²) in [5.74, 6) is -0.283. The number of aromatic nitrogens is 2. The molecule has 1 aromatic rings. The van der Waals surface area contributed by atoms with Gasteiger partial charge < -0.3 is 36.6 Å². The van der Waals surface area contributed by atoms with E-state index in [0.717, 1.165) is 0 Å². The monoisotopic (exact) mass is 510 g/mol. The van der Waals surface area contributed by atoms with Crippen molar-refractivity contribution in [2.24, 2.45) is 16.2 Å². The van der Waals surface area contributed by atoms with Crippen LogP contribution in [0.1, 0.15) is 41.5 Å². The number of oxime groups is 2. The summed E-state index contributed by atoms with van der Waals surface area (Å²) in [4.78, 5) is 14.4. The molecular weight excluding hydrogens is 480 g/mol. The van der Waals surface area contributed by atoms with E-state index in [-0.39, 0.29) is 37.4 Å². The Morgan fingerprint density at radius 2 is 1.60 bits per heavy atom. The van der Waals surface area contributed by atoms with Crippen LogP contribution in [-0.2, 0) is 32.1 Å². The molecule has 0 aliphatic heterocycles. The standard InChI is InChI=1S/C17H31N7O4.O.Tc/c1-12(21-25)16(3,4)19-9-14(10-20-17(5,6)13(2)22-26)11-23-8-7-18-15(23)24(27)28;;/h7-8,14,19-20,25-26H,9-11H2,1-6H3;;/q;-2;/b21-12+,22-13+;;. The minimum Gasteiger partial charge on any atom is -2.00 e. The van der Waals surface area contributed by atoms with Gasteiger partial charge in [0.2, 0.25) is 0 Å². The molecule has 1 rings (SSSR count). The van der Waals surface area contributed by atoms with E-state index in [1.54, 1.807) is 20.0 Å². The summed E-state index contributed by atoms with van der Waals surface area (Å²) in [5.41, 5.74) is -0.0506. The van der Waals surface area contributed by atoms with Gasteiger partial charge in [0.25, 0.3) is 0 Å². The first kappa shape index (κ1) is 30.3. The summed E-state index contributed by atoms with van der Waals surface area (Å²) in [7, 11) is 0. The van der Waals surface area contributed by atoms with Gasteiger partial charge in [-0.3, -0.25) is 0 Å². The summed E-state index contributed by atoms with van der Waals surface area (Å²) in [6.07, 6.45) is 2.97. The summed E-state index contributed by atoms with van der Waals surface area (Å²) < 4.78 is 1.49. The van der Waals surface area contributed by atoms with Crippen molar-refractivity contribution in [3.8, 4) is 0 Å². The van der Waals surface area contributed by atoms with Crippen LogP contribution in [0, 0.1) is 16.0 Å². The third-order valence-electron chi connectivity index (χ3n) is 5.09. The van der Waals surface area contributed by atoms with Crippen LogP contribution in [0.5, 0.6) is 0 Å². The van der Waals surface area contributed by atoms with Crippen LogP contribution in [0.15, 0.2) is 22.7 Å². The predicted molar refractivity (Wildman–Crippen MR) is 107 cm³/mol. The molecule has 0 saturated heterocycles. The Bertz CT molecular complexity index is 700. The second-order valence-electron chi connectivity index (χ2n) is 7.89. The first-order valence-corrected chi connectivity index (χ1v) is 8.98. The van der Waals surface area contributed by atoms with Crippen molar-refractivity contribution in [3.05, 3.63) is 22.5 Å². The fourth-order valence-electron chi connectivity index (χ4n) is 2.40. The predicted octanol–water partition coefficient (Wildman–Crippen LogP) is 1.72. The maximum absolute atomic E-state index is 11.2. The minimum absolute atomic E-state index is 0. The average Bonchev–Trinajstić information content (AvgIpc) is 3.10. The first-order chi connectivity index (χ1) is 12.9. The van der Waals surface area contributed by atoms with Gasteiger partial charge in [-0.05, 0) is 46.5 Å². The molecule has 30 heavy (non-hydrogen) atoms. The maximum Gasteiger partial charge on any atom is 0.434 e. The van der Waals surface area contributed by atoms with Crippen molar-refractivity contribution in [1.29, 1.82) is 0 Å². The van der Waals surface area contributed by atoms with E-state index in [2.05, 4.69) is 25.9 Å². The van der Waals surface area contributed by atoms with Gasteiger partial charge in [-0.1, -0.05) is 15.3 Å². The Morgan fingerprint density at radius 3 is 1.97 bits per heavy atom. The minimum atomic E-state index is -0.550. The molecule has 1 radical (unpaired) electrons. The van der Waals surface area contributed by atoms with Gasteiger partial charge in [0.1, 0.15) is 12.4 Å². The zero-order valence-electron chi connectivity index (χ0n) is 18.1. The van der Waals surface area contributed by atoms with Crippen LogP contribution >= 0.6 is 0 Å². The molecule has 0 aliphatic rings. The van der Waals surface area contributed by atoms with Gasteiger partial charge in [0, 0.05) is 39.1 Å². The first-order valence-electron chi connectivity index (χ1n) is 8.98. The summed E-state index contributed by atoms with van der Waals surface area (Å²) in [5, 5.41) is 42.5. The number of imidazole rings is 1. The molecule has 13 heteroatoms. The molecule has 173 valence electrons. The number of hydrogen-bond donors (Lipinski definition) is 4. The molecule has 1 aromatic heterocycles. The van der Waals surface area contributed by atoms with Crippen LogP contribution in [0.2, 0.25) is 0 Å². The third-order valence-corrected chi connectivity index (χ3v) is 5.09. The molecule has 0 bridgehead atoms. The van der Waals surface area contributed by atoms with Crippen molar-refractivity contribution in [3.63, 3.8) is 0 Å². The maximum atomic E-state index is 11.2. The van der Waals surface area contributed by atoms with E-state index in [1.165, 1.54) is 10.8 Å². The van der Waals surface area contributed by atoms with E-state index in [9.17, 15) is 10.1 Å². The second-order valence-corrected chi connectivity index (χ2v) is 7.89. The van der Waals surface area contributed by atoms with Crippen molar-refractivity contribution in [2.75, 3.05) is 13.1 Å². The topological polar surface area (TPSA) is 179 Å². The Labute approximate surface area is 189 Å². The Kier molecular flexibility index (Phi) is 12.8. The quantitative estimate of drug-likeness (QED) is 0.151. The van der Waals surface area contributed by atoms with E-state index in [0.29, 0.717) is 31.1 Å². The zero-order chi connectivity index (χ0) is 21.5. The molecule has 0 unspecified atom stereocenters. The number of nitrogens with one attached hydrogen (secondary N) is 2. The Balaban J connectivity index is 0. The number of nitrogens with zero attached hydrogens (tertiary/aromatic N) is 5. The van der Waals surface area contributed by atoms with Crippen LogP contribution in [0.3, 0.4) is 0 Å². The summed E-state index contributed by atoms with van der Waals surface area (Å²) >= 11 is 0. The fourth-order valence-corrected chi connectivity index (χ4v) is 2.40. The van der Waals surface area contributed by atoms with Gasteiger partial charge >= 0.3 is 5.95 Å². The molecule has 1 heterocycles. The molecule has 0 atom stereocenters. The zero-order valence-corrected chi connectivity index (χ0v) is 19.9. The van der Waals surface area contributed by atoms with Crippen LogP contribution in [0.4, 0.5) is 5.95 Å². The fraction of sp³-hybridized carbons (Fsp3) is 0.706. The smallest absolute Gasteiger partial charge is 0.434 e. The van der Waals surface area contributed by atoms with E-state index in [4.69, 9.17) is 10.4 Å². The molecule has 0 spiro atoms. The van der Waals surface area contributed by atoms with Crippen molar-refractivity contribution >= 4 is 17.4 Å². The third kappa shape index (κ3) is 8.44. The van der Waals surface area contributed by atoms with Gasteiger partial charge in [0.15, 0.2) is 0 Å². The average molecular weight is 511 g/mol. The molecule has 12 nitrogen and oxygen atoms in total. The normalized spacial score (nSPS) is 13.9. The molecule has 0 amide bonds. The molecule has 0 aromatic carbocycles. The molecular formula is C17H31N7O5Tc-2. The van der Waals surface area contributed by atoms with Gasteiger partial charge in [-0.15, -0.1) is 0 Å². The molecule has 0 aliphatic carbocycles. The van der Waals surface area contributed by atoms with E-state index >= 15 is 0 Å². The molecule has 0 fully saturated rings.